The molecule has 3 aromatic rings. The maximum Gasteiger partial charge on any atom is 0.277 e. The molecular formula is C19H17FN2O2S. The van der Waals surface area contributed by atoms with Crippen molar-refractivity contribution < 1.29 is 13.6 Å². The number of aromatic nitrogens is 2. The minimum absolute atomic E-state index is 0.115. The first-order chi connectivity index (χ1) is 11.9. The van der Waals surface area contributed by atoms with Crippen molar-refractivity contribution in [1.29, 1.82) is 0 Å². The summed E-state index contributed by atoms with van der Waals surface area (Å²) in [5.74, 6) is -0.0567. The number of nitrogens with zero attached hydrogens (tertiary/aromatic N) is 2. The zero-order valence-electron chi connectivity index (χ0n) is 14.1. The number of benzene rings is 2. The predicted octanol–water partition coefficient (Wildman–Crippen LogP) is 4.86. The Hall–Kier alpha value is -2.47. The third kappa shape index (κ3) is 4.14. The van der Waals surface area contributed by atoms with Crippen molar-refractivity contribution in [2.75, 3.05) is 0 Å². The minimum atomic E-state index is -0.419. The Morgan fingerprint density at radius 1 is 1.08 bits per heavy atom. The Morgan fingerprint density at radius 3 is 2.36 bits per heavy atom. The second-order valence-corrected chi connectivity index (χ2v) is 7.17. The highest BCUT2D eigenvalue weighted by molar-refractivity contribution is 8.00. The van der Waals surface area contributed by atoms with Gasteiger partial charge in [-0.1, -0.05) is 29.0 Å². The van der Waals surface area contributed by atoms with E-state index in [2.05, 4.69) is 16.3 Å². The Labute approximate surface area is 149 Å². The summed E-state index contributed by atoms with van der Waals surface area (Å²) < 4.78 is 18.7. The molecule has 128 valence electrons. The molecule has 0 aliphatic rings. The van der Waals surface area contributed by atoms with Gasteiger partial charge in [0.1, 0.15) is 5.82 Å². The Bertz CT molecular complexity index is 886. The third-order valence-corrected chi connectivity index (χ3v) is 4.58. The van der Waals surface area contributed by atoms with E-state index in [0.717, 1.165) is 16.7 Å². The molecule has 0 aliphatic carbocycles. The number of carbonyl (C=O) groups excluding carboxylic acids is 1. The molecule has 2 aromatic carbocycles. The minimum Gasteiger partial charge on any atom is -0.411 e. The van der Waals surface area contributed by atoms with Crippen LogP contribution in [0.25, 0.3) is 11.5 Å². The molecule has 0 aliphatic heterocycles. The van der Waals surface area contributed by atoms with E-state index in [0.29, 0.717) is 16.7 Å². The van der Waals surface area contributed by atoms with Gasteiger partial charge in [0.05, 0.1) is 5.25 Å². The smallest absolute Gasteiger partial charge is 0.277 e. The number of thioether (sulfide) groups is 1. The van der Waals surface area contributed by atoms with Gasteiger partial charge in [-0.05, 0) is 57.2 Å². The van der Waals surface area contributed by atoms with Gasteiger partial charge < -0.3 is 4.42 Å². The van der Waals surface area contributed by atoms with E-state index in [9.17, 15) is 9.18 Å². The van der Waals surface area contributed by atoms with E-state index in [-0.39, 0.29) is 11.6 Å². The van der Waals surface area contributed by atoms with Gasteiger partial charge in [-0.2, -0.15) is 0 Å². The molecule has 3 rings (SSSR count). The molecule has 0 saturated carbocycles. The Kier molecular flexibility index (Phi) is 4.99. The van der Waals surface area contributed by atoms with Gasteiger partial charge in [-0.25, -0.2) is 4.39 Å². The van der Waals surface area contributed by atoms with E-state index in [1.807, 2.05) is 26.0 Å². The SMILES string of the molecule is Cc1cc(C)cc(-c2nnc(S[C@@H](C)C(=O)c3ccc(F)cc3)o2)c1. The summed E-state index contributed by atoms with van der Waals surface area (Å²) in [5, 5.41) is 8.00. The molecule has 0 spiro atoms. The molecule has 25 heavy (non-hydrogen) atoms. The van der Waals surface area contributed by atoms with Gasteiger partial charge in [0, 0.05) is 11.1 Å². The molecule has 1 aromatic heterocycles. The number of hydrogen-bond donors (Lipinski definition) is 0. The molecular weight excluding hydrogens is 339 g/mol. The van der Waals surface area contributed by atoms with Crippen LogP contribution in [0.2, 0.25) is 0 Å². The fourth-order valence-corrected chi connectivity index (χ4v) is 3.29. The van der Waals surface area contributed by atoms with E-state index < -0.39 is 5.25 Å². The molecule has 0 bridgehead atoms. The van der Waals surface area contributed by atoms with Crippen LogP contribution in [0, 0.1) is 19.7 Å². The van der Waals surface area contributed by atoms with Crippen molar-refractivity contribution in [3.8, 4) is 11.5 Å². The first kappa shape index (κ1) is 17.4. The highest BCUT2D eigenvalue weighted by Crippen LogP contribution is 2.28. The van der Waals surface area contributed by atoms with Crippen LogP contribution in [-0.4, -0.2) is 21.2 Å². The average Bonchev–Trinajstić information content (AvgIpc) is 3.02. The molecule has 0 unspecified atom stereocenters. The Morgan fingerprint density at radius 2 is 1.72 bits per heavy atom. The highest BCUT2D eigenvalue weighted by atomic mass is 32.2. The number of rotatable bonds is 5. The summed E-state index contributed by atoms with van der Waals surface area (Å²) in [4.78, 5) is 12.4. The van der Waals surface area contributed by atoms with Crippen LogP contribution in [0.15, 0.2) is 52.1 Å². The quantitative estimate of drug-likeness (QED) is 0.483. The maximum atomic E-state index is 13.0. The summed E-state index contributed by atoms with van der Waals surface area (Å²) in [7, 11) is 0. The second-order valence-electron chi connectivity index (χ2n) is 5.88. The zero-order chi connectivity index (χ0) is 18.0. The van der Waals surface area contributed by atoms with Gasteiger partial charge in [-0.15, -0.1) is 10.2 Å². The number of carbonyl (C=O) groups is 1. The lowest BCUT2D eigenvalue weighted by Crippen LogP contribution is -2.13. The van der Waals surface area contributed by atoms with Crippen LogP contribution in [0.4, 0.5) is 4.39 Å². The number of ketones is 1. The second kappa shape index (κ2) is 7.19. The van der Waals surface area contributed by atoms with Crippen molar-refractivity contribution >= 4 is 17.5 Å². The average molecular weight is 356 g/mol. The first-order valence-corrected chi connectivity index (χ1v) is 8.69. The Balaban J connectivity index is 1.74. The summed E-state index contributed by atoms with van der Waals surface area (Å²) in [6.45, 7) is 5.77. The summed E-state index contributed by atoms with van der Waals surface area (Å²) >= 11 is 1.19. The summed E-state index contributed by atoms with van der Waals surface area (Å²) in [6.07, 6.45) is 0. The number of hydrogen-bond acceptors (Lipinski definition) is 5. The molecule has 4 nitrogen and oxygen atoms in total. The van der Waals surface area contributed by atoms with E-state index >= 15 is 0 Å². The van der Waals surface area contributed by atoms with Gasteiger partial charge in [0.15, 0.2) is 5.78 Å². The van der Waals surface area contributed by atoms with Gasteiger partial charge >= 0.3 is 0 Å². The number of Topliss-reactive ketones (excluding diaryl/α,β-unsaturated/α-hetero) is 1. The van der Waals surface area contributed by atoms with Crippen molar-refractivity contribution in [3.63, 3.8) is 0 Å². The van der Waals surface area contributed by atoms with Crippen molar-refractivity contribution in [2.24, 2.45) is 0 Å². The molecule has 0 radical (unpaired) electrons. The summed E-state index contributed by atoms with van der Waals surface area (Å²) in [5.41, 5.74) is 3.54. The first-order valence-electron chi connectivity index (χ1n) is 7.81. The van der Waals surface area contributed by atoms with Crippen LogP contribution >= 0.6 is 11.8 Å². The topological polar surface area (TPSA) is 56.0 Å². The van der Waals surface area contributed by atoms with Crippen molar-refractivity contribution in [2.45, 2.75) is 31.2 Å². The number of halogens is 1. The molecule has 0 N–H and O–H groups in total. The highest BCUT2D eigenvalue weighted by Gasteiger charge is 2.20. The van der Waals surface area contributed by atoms with Gasteiger partial charge in [-0.3, -0.25) is 4.79 Å². The van der Waals surface area contributed by atoms with Crippen LogP contribution in [0.1, 0.15) is 28.4 Å². The van der Waals surface area contributed by atoms with Crippen LogP contribution in [0.5, 0.6) is 0 Å². The molecule has 6 heteroatoms. The van der Waals surface area contributed by atoms with Gasteiger partial charge in [0.25, 0.3) is 5.22 Å². The number of aryl methyl sites for hydroxylation is 2. The lowest BCUT2D eigenvalue weighted by Gasteiger charge is -2.07. The lowest BCUT2D eigenvalue weighted by atomic mass is 10.1. The van der Waals surface area contributed by atoms with Crippen LogP contribution in [0.3, 0.4) is 0 Å². The van der Waals surface area contributed by atoms with E-state index in [4.69, 9.17) is 4.42 Å². The monoisotopic (exact) mass is 356 g/mol. The largest absolute Gasteiger partial charge is 0.411 e. The van der Waals surface area contributed by atoms with Crippen molar-refractivity contribution in [1.82, 2.24) is 10.2 Å². The maximum absolute atomic E-state index is 13.0. The van der Waals surface area contributed by atoms with Crippen LogP contribution in [-0.2, 0) is 0 Å². The molecule has 1 heterocycles. The summed E-state index contributed by atoms with van der Waals surface area (Å²) in [6, 6.07) is 11.5. The molecule has 0 saturated heterocycles. The normalized spacial score (nSPS) is 12.2. The fourth-order valence-electron chi connectivity index (χ4n) is 2.53. The lowest BCUT2D eigenvalue weighted by molar-refractivity contribution is 0.0993. The van der Waals surface area contributed by atoms with Crippen LogP contribution < -0.4 is 0 Å². The third-order valence-electron chi connectivity index (χ3n) is 3.65. The molecule has 0 amide bonds. The van der Waals surface area contributed by atoms with E-state index in [1.165, 1.54) is 36.0 Å². The zero-order valence-corrected chi connectivity index (χ0v) is 14.9. The molecule has 1 atom stereocenters. The van der Waals surface area contributed by atoms with Crippen molar-refractivity contribution in [3.05, 3.63) is 65.0 Å². The fraction of sp³-hybridized carbons (Fsp3) is 0.211. The molecule has 0 fully saturated rings. The van der Waals surface area contributed by atoms with Gasteiger partial charge in [0.2, 0.25) is 5.89 Å². The van der Waals surface area contributed by atoms with E-state index in [1.54, 1.807) is 6.92 Å². The standard InChI is InChI=1S/C19H17FN2O2S/c1-11-8-12(2)10-15(9-11)18-21-22-19(24-18)25-13(3)17(23)14-4-6-16(20)7-5-14/h4-10,13H,1-3H3/t13-/m0/s1. The predicted molar refractivity (Wildman–Crippen MR) is 95.3 cm³/mol.